The summed E-state index contributed by atoms with van der Waals surface area (Å²) >= 11 is 0. The van der Waals surface area contributed by atoms with Gasteiger partial charge in [-0.05, 0) is 20.9 Å². The van der Waals surface area contributed by atoms with Gasteiger partial charge in [0.1, 0.15) is 0 Å². The summed E-state index contributed by atoms with van der Waals surface area (Å²) in [6.07, 6.45) is 1.95. The molecule has 1 heterocycles. The minimum absolute atomic E-state index is 0. The van der Waals surface area contributed by atoms with Gasteiger partial charge in [0.25, 0.3) is 0 Å². The number of carbonyl (C=O) groups is 1. The standard InChI is InChI=1S/C12H22N4O.ClH/c1-8(6-13-4)12(17)14-9(2)11-7-16(5)15-10(11)3;/h7-9,13H,6H2,1-5H3,(H,14,17);1H. The molecule has 2 unspecified atom stereocenters. The van der Waals surface area contributed by atoms with Crippen LogP contribution in [-0.4, -0.2) is 29.3 Å². The first-order valence-corrected chi connectivity index (χ1v) is 5.90. The molecule has 2 N–H and O–H groups in total. The second-order valence-electron chi connectivity index (χ2n) is 4.53. The molecule has 6 heteroatoms. The number of rotatable bonds is 5. The molecule has 0 radical (unpaired) electrons. The lowest BCUT2D eigenvalue weighted by Crippen LogP contribution is -2.35. The number of aromatic nitrogens is 2. The molecule has 0 spiro atoms. The Balaban J connectivity index is 0.00000289. The third kappa shape index (κ3) is 4.31. The van der Waals surface area contributed by atoms with E-state index in [4.69, 9.17) is 0 Å². The maximum absolute atomic E-state index is 11.9. The van der Waals surface area contributed by atoms with Gasteiger partial charge in [0.2, 0.25) is 5.91 Å². The Kier molecular flexibility index (Phi) is 6.94. The number of nitrogens with zero attached hydrogens (tertiary/aromatic N) is 2. The van der Waals surface area contributed by atoms with Crippen molar-refractivity contribution in [3.8, 4) is 0 Å². The first kappa shape index (κ1) is 16.9. The van der Waals surface area contributed by atoms with Crippen molar-refractivity contribution >= 4 is 18.3 Å². The second-order valence-corrected chi connectivity index (χ2v) is 4.53. The van der Waals surface area contributed by atoms with Crippen molar-refractivity contribution in [3.05, 3.63) is 17.5 Å². The van der Waals surface area contributed by atoms with E-state index in [1.807, 2.05) is 41.1 Å². The van der Waals surface area contributed by atoms with Crippen LogP contribution in [0.2, 0.25) is 0 Å². The molecular weight excluding hydrogens is 252 g/mol. The molecule has 0 aliphatic carbocycles. The largest absolute Gasteiger partial charge is 0.349 e. The second kappa shape index (κ2) is 7.38. The fourth-order valence-electron chi connectivity index (χ4n) is 1.88. The number of hydrogen-bond acceptors (Lipinski definition) is 3. The predicted molar refractivity (Wildman–Crippen MR) is 74.8 cm³/mol. The molecule has 0 aromatic carbocycles. The Labute approximate surface area is 115 Å². The zero-order valence-corrected chi connectivity index (χ0v) is 12.5. The first-order valence-electron chi connectivity index (χ1n) is 5.90. The molecule has 0 aliphatic heterocycles. The quantitative estimate of drug-likeness (QED) is 0.848. The summed E-state index contributed by atoms with van der Waals surface area (Å²) in [5, 5.41) is 10.3. The van der Waals surface area contributed by atoms with Crippen molar-refractivity contribution < 1.29 is 4.79 Å². The molecule has 2 atom stereocenters. The molecular formula is C12H23ClN4O. The van der Waals surface area contributed by atoms with Crippen LogP contribution in [-0.2, 0) is 11.8 Å². The summed E-state index contributed by atoms with van der Waals surface area (Å²) < 4.78 is 1.77. The van der Waals surface area contributed by atoms with Crippen LogP contribution in [0, 0.1) is 12.8 Å². The van der Waals surface area contributed by atoms with Gasteiger partial charge in [0, 0.05) is 31.3 Å². The molecule has 0 saturated heterocycles. The Bertz CT molecular complexity index is 391. The third-order valence-electron chi connectivity index (χ3n) is 2.83. The van der Waals surface area contributed by atoms with Gasteiger partial charge in [-0.2, -0.15) is 5.10 Å². The predicted octanol–water partition coefficient (Wildman–Crippen LogP) is 1.18. The third-order valence-corrected chi connectivity index (χ3v) is 2.83. The molecule has 0 aliphatic rings. The normalized spacial score (nSPS) is 13.6. The zero-order chi connectivity index (χ0) is 13.0. The minimum atomic E-state index is -0.0283. The molecule has 1 aromatic rings. The van der Waals surface area contributed by atoms with Crippen molar-refractivity contribution in [2.45, 2.75) is 26.8 Å². The summed E-state index contributed by atoms with van der Waals surface area (Å²) in [4.78, 5) is 11.9. The Hall–Kier alpha value is -1.07. The van der Waals surface area contributed by atoms with Gasteiger partial charge in [0.15, 0.2) is 0 Å². The van der Waals surface area contributed by atoms with E-state index >= 15 is 0 Å². The molecule has 0 fully saturated rings. The van der Waals surface area contributed by atoms with Gasteiger partial charge in [-0.25, -0.2) is 0 Å². The molecule has 18 heavy (non-hydrogen) atoms. The lowest BCUT2D eigenvalue weighted by Gasteiger charge is -2.17. The fraction of sp³-hybridized carbons (Fsp3) is 0.667. The smallest absolute Gasteiger partial charge is 0.224 e. The molecule has 1 amide bonds. The fourth-order valence-corrected chi connectivity index (χ4v) is 1.88. The van der Waals surface area contributed by atoms with Crippen LogP contribution in [0.5, 0.6) is 0 Å². The molecule has 5 nitrogen and oxygen atoms in total. The summed E-state index contributed by atoms with van der Waals surface area (Å²) in [6, 6.07) is -0.00416. The van der Waals surface area contributed by atoms with Crippen LogP contribution in [0.4, 0.5) is 0 Å². The lowest BCUT2D eigenvalue weighted by atomic mass is 10.1. The first-order chi connectivity index (χ1) is 7.95. The van der Waals surface area contributed by atoms with Crippen molar-refractivity contribution in [1.82, 2.24) is 20.4 Å². The maximum Gasteiger partial charge on any atom is 0.224 e. The Morgan fingerprint density at radius 3 is 2.56 bits per heavy atom. The van der Waals surface area contributed by atoms with Crippen molar-refractivity contribution in [2.24, 2.45) is 13.0 Å². The molecule has 1 aromatic heterocycles. The zero-order valence-electron chi connectivity index (χ0n) is 11.7. The summed E-state index contributed by atoms with van der Waals surface area (Å²) in [5.41, 5.74) is 2.03. The number of aryl methyl sites for hydroxylation is 2. The monoisotopic (exact) mass is 274 g/mol. The highest BCUT2D eigenvalue weighted by molar-refractivity contribution is 5.85. The van der Waals surface area contributed by atoms with Crippen molar-refractivity contribution in [3.63, 3.8) is 0 Å². The summed E-state index contributed by atoms with van der Waals surface area (Å²) in [7, 11) is 3.73. The van der Waals surface area contributed by atoms with Crippen LogP contribution in [0.1, 0.15) is 31.1 Å². The number of carbonyl (C=O) groups excluding carboxylic acids is 1. The highest BCUT2D eigenvalue weighted by atomic mass is 35.5. The van der Waals surface area contributed by atoms with E-state index in [9.17, 15) is 4.79 Å². The number of halogens is 1. The van der Waals surface area contributed by atoms with Crippen molar-refractivity contribution in [1.29, 1.82) is 0 Å². The summed E-state index contributed by atoms with van der Waals surface area (Å²) in [6.45, 7) is 6.53. The molecule has 0 bridgehead atoms. The van der Waals surface area contributed by atoms with Crippen LogP contribution >= 0.6 is 12.4 Å². The average molecular weight is 275 g/mol. The topological polar surface area (TPSA) is 59.0 Å². The highest BCUT2D eigenvalue weighted by Gasteiger charge is 2.17. The van der Waals surface area contributed by atoms with Crippen LogP contribution in [0.15, 0.2) is 6.20 Å². The number of nitrogens with one attached hydrogen (secondary N) is 2. The van der Waals surface area contributed by atoms with Crippen LogP contribution < -0.4 is 10.6 Å². The van der Waals surface area contributed by atoms with E-state index in [2.05, 4.69) is 15.7 Å². The van der Waals surface area contributed by atoms with Gasteiger partial charge < -0.3 is 10.6 Å². The van der Waals surface area contributed by atoms with E-state index in [0.29, 0.717) is 6.54 Å². The van der Waals surface area contributed by atoms with Crippen LogP contribution in [0.25, 0.3) is 0 Å². The number of amides is 1. The minimum Gasteiger partial charge on any atom is -0.349 e. The molecule has 0 saturated carbocycles. The summed E-state index contributed by atoms with van der Waals surface area (Å²) in [5.74, 6) is 0.0366. The van der Waals surface area contributed by atoms with E-state index in [0.717, 1.165) is 11.3 Å². The van der Waals surface area contributed by atoms with Crippen LogP contribution in [0.3, 0.4) is 0 Å². The van der Waals surface area contributed by atoms with Gasteiger partial charge in [-0.15, -0.1) is 12.4 Å². The number of hydrogen-bond donors (Lipinski definition) is 2. The van der Waals surface area contributed by atoms with Gasteiger partial charge >= 0.3 is 0 Å². The molecule has 1 rings (SSSR count). The maximum atomic E-state index is 11.9. The van der Waals surface area contributed by atoms with E-state index < -0.39 is 0 Å². The average Bonchev–Trinajstić information content (AvgIpc) is 2.58. The van der Waals surface area contributed by atoms with E-state index in [-0.39, 0.29) is 30.3 Å². The van der Waals surface area contributed by atoms with Crippen molar-refractivity contribution in [2.75, 3.05) is 13.6 Å². The lowest BCUT2D eigenvalue weighted by molar-refractivity contribution is -0.125. The van der Waals surface area contributed by atoms with E-state index in [1.54, 1.807) is 4.68 Å². The van der Waals surface area contributed by atoms with Gasteiger partial charge in [0.05, 0.1) is 11.7 Å². The van der Waals surface area contributed by atoms with Gasteiger partial charge in [-0.3, -0.25) is 9.48 Å². The molecule has 104 valence electrons. The SMILES string of the molecule is CNCC(C)C(=O)NC(C)c1cn(C)nc1C.Cl. The highest BCUT2D eigenvalue weighted by Crippen LogP contribution is 2.15. The van der Waals surface area contributed by atoms with Gasteiger partial charge in [-0.1, -0.05) is 6.92 Å². The van der Waals surface area contributed by atoms with E-state index in [1.165, 1.54) is 0 Å². The Morgan fingerprint density at radius 1 is 1.50 bits per heavy atom. The Morgan fingerprint density at radius 2 is 2.11 bits per heavy atom.